The Bertz CT molecular complexity index is 632. The zero-order valence-electron chi connectivity index (χ0n) is 10.9. The molecule has 2 atom stereocenters. The Hall–Kier alpha value is -1.59. The van der Waals surface area contributed by atoms with E-state index in [1.54, 1.807) is 25.6 Å². The van der Waals surface area contributed by atoms with Crippen LogP contribution < -0.4 is 9.47 Å². The van der Waals surface area contributed by atoms with E-state index >= 15 is 0 Å². The SMILES string of the molecule is COc1ccc2c(c1)OC(c1cncc(Br)c1)C[C@H]2O. The van der Waals surface area contributed by atoms with Crippen molar-refractivity contribution in [2.75, 3.05) is 7.11 Å². The molecule has 1 aliphatic heterocycles. The highest BCUT2D eigenvalue weighted by molar-refractivity contribution is 9.10. The van der Waals surface area contributed by atoms with Gasteiger partial charge < -0.3 is 14.6 Å². The molecule has 2 heterocycles. The van der Waals surface area contributed by atoms with Gasteiger partial charge in [-0.15, -0.1) is 0 Å². The third-order valence-electron chi connectivity index (χ3n) is 3.38. The van der Waals surface area contributed by atoms with Gasteiger partial charge in [0.2, 0.25) is 0 Å². The molecule has 0 fully saturated rings. The number of aliphatic hydroxyl groups is 1. The first kappa shape index (κ1) is 13.4. The molecule has 0 spiro atoms. The summed E-state index contributed by atoms with van der Waals surface area (Å²) in [6, 6.07) is 7.42. The minimum Gasteiger partial charge on any atom is -0.497 e. The lowest BCUT2D eigenvalue weighted by Crippen LogP contribution is -2.19. The minimum atomic E-state index is -0.548. The van der Waals surface area contributed by atoms with Gasteiger partial charge in [0.15, 0.2) is 0 Å². The fourth-order valence-corrected chi connectivity index (χ4v) is 2.74. The van der Waals surface area contributed by atoms with Gasteiger partial charge in [0.05, 0.1) is 13.2 Å². The Balaban J connectivity index is 1.95. The van der Waals surface area contributed by atoms with Crippen LogP contribution >= 0.6 is 15.9 Å². The van der Waals surface area contributed by atoms with Crippen LogP contribution in [0.25, 0.3) is 0 Å². The maximum Gasteiger partial charge on any atom is 0.129 e. The van der Waals surface area contributed by atoms with E-state index < -0.39 is 6.10 Å². The Labute approximate surface area is 125 Å². The number of aromatic nitrogens is 1. The summed E-state index contributed by atoms with van der Waals surface area (Å²) in [5, 5.41) is 10.3. The highest BCUT2D eigenvalue weighted by Crippen LogP contribution is 2.42. The number of rotatable bonds is 2. The molecule has 1 N–H and O–H groups in total. The first-order chi connectivity index (χ1) is 9.67. The Kier molecular flexibility index (Phi) is 3.63. The summed E-state index contributed by atoms with van der Waals surface area (Å²) >= 11 is 3.40. The first-order valence-corrected chi connectivity index (χ1v) is 7.10. The third-order valence-corrected chi connectivity index (χ3v) is 3.82. The summed E-state index contributed by atoms with van der Waals surface area (Å²) in [6.07, 6.45) is 3.23. The number of ether oxygens (including phenoxy) is 2. The van der Waals surface area contributed by atoms with Gasteiger partial charge in [-0.1, -0.05) is 0 Å². The van der Waals surface area contributed by atoms with Gasteiger partial charge in [-0.3, -0.25) is 4.98 Å². The predicted molar refractivity (Wildman–Crippen MR) is 77.9 cm³/mol. The normalized spacial score (nSPS) is 20.9. The topological polar surface area (TPSA) is 51.6 Å². The van der Waals surface area contributed by atoms with Crippen LogP contribution in [-0.2, 0) is 0 Å². The number of hydrogen-bond donors (Lipinski definition) is 1. The minimum absolute atomic E-state index is 0.213. The molecule has 0 radical (unpaired) electrons. The molecular weight excluding hydrogens is 322 g/mol. The molecule has 104 valence electrons. The van der Waals surface area contributed by atoms with E-state index in [1.807, 2.05) is 18.2 Å². The van der Waals surface area contributed by atoms with Crippen molar-refractivity contribution in [2.24, 2.45) is 0 Å². The summed E-state index contributed by atoms with van der Waals surface area (Å²) in [6.45, 7) is 0. The standard InChI is InChI=1S/C15H14BrNO3/c1-19-11-2-3-12-13(18)6-14(20-15(12)5-11)9-4-10(16)8-17-7-9/h2-5,7-8,13-14,18H,6H2,1H3/t13-,14?/m1/s1. The lowest BCUT2D eigenvalue weighted by atomic mass is 9.96. The smallest absolute Gasteiger partial charge is 0.129 e. The van der Waals surface area contributed by atoms with Crippen LogP contribution in [-0.4, -0.2) is 17.2 Å². The summed E-state index contributed by atoms with van der Waals surface area (Å²) in [4.78, 5) is 4.14. The molecule has 0 saturated heterocycles. The van der Waals surface area contributed by atoms with Crippen LogP contribution in [0.4, 0.5) is 0 Å². The predicted octanol–water partition coefficient (Wildman–Crippen LogP) is 3.41. The largest absolute Gasteiger partial charge is 0.497 e. The molecule has 0 saturated carbocycles. The van der Waals surface area contributed by atoms with Crippen LogP contribution in [0.5, 0.6) is 11.5 Å². The van der Waals surface area contributed by atoms with Gasteiger partial charge >= 0.3 is 0 Å². The molecule has 0 aliphatic carbocycles. The van der Waals surface area contributed by atoms with E-state index in [2.05, 4.69) is 20.9 Å². The number of nitrogens with zero attached hydrogens (tertiary/aromatic N) is 1. The number of aliphatic hydroxyl groups excluding tert-OH is 1. The molecule has 1 unspecified atom stereocenters. The maximum absolute atomic E-state index is 10.3. The van der Waals surface area contributed by atoms with E-state index in [4.69, 9.17) is 9.47 Å². The maximum atomic E-state index is 10.3. The summed E-state index contributed by atoms with van der Waals surface area (Å²) in [5.41, 5.74) is 1.73. The lowest BCUT2D eigenvalue weighted by molar-refractivity contribution is 0.0653. The van der Waals surface area contributed by atoms with Crippen LogP contribution in [0, 0.1) is 0 Å². The molecule has 3 rings (SSSR count). The molecule has 1 aliphatic rings. The van der Waals surface area contributed by atoms with E-state index in [9.17, 15) is 5.11 Å². The molecule has 5 heteroatoms. The highest BCUT2D eigenvalue weighted by Gasteiger charge is 2.28. The second-order valence-electron chi connectivity index (χ2n) is 4.70. The van der Waals surface area contributed by atoms with Crippen molar-refractivity contribution in [2.45, 2.75) is 18.6 Å². The molecule has 0 bridgehead atoms. The van der Waals surface area contributed by atoms with Gasteiger partial charge in [0, 0.05) is 40.5 Å². The molecular formula is C15H14BrNO3. The van der Waals surface area contributed by atoms with Crippen molar-refractivity contribution in [1.82, 2.24) is 4.98 Å². The van der Waals surface area contributed by atoms with Gasteiger partial charge in [-0.05, 0) is 34.1 Å². The van der Waals surface area contributed by atoms with Crippen LogP contribution in [0.2, 0.25) is 0 Å². The molecule has 2 aromatic rings. The number of halogens is 1. The monoisotopic (exact) mass is 335 g/mol. The summed E-state index contributed by atoms with van der Waals surface area (Å²) < 4.78 is 12.1. The van der Waals surface area contributed by atoms with Crippen molar-refractivity contribution in [3.05, 3.63) is 52.3 Å². The molecule has 0 amide bonds. The van der Waals surface area contributed by atoms with Gasteiger partial charge in [-0.25, -0.2) is 0 Å². The number of pyridine rings is 1. The average molecular weight is 336 g/mol. The Morgan fingerprint density at radius 3 is 2.95 bits per heavy atom. The van der Waals surface area contributed by atoms with Crippen LogP contribution in [0.15, 0.2) is 41.1 Å². The lowest BCUT2D eigenvalue weighted by Gasteiger charge is -2.30. The van der Waals surface area contributed by atoms with E-state index in [1.165, 1.54) is 0 Å². The number of fused-ring (bicyclic) bond motifs is 1. The van der Waals surface area contributed by atoms with Crippen molar-refractivity contribution in [1.29, 1.82) is 0 Å². The fourth-order valence-electron chi connectivity index (χ4n) is 2.36. The zero-order valence-corrected chi connectivity index (χ0v) is 12.5. The second-order valence-corrected chi connectivity index (χ2v) is 5.61. The van der Waals surface area contributed by atoms with Crippen molar-refractivity contribution in [3.63, 3.8) is 0 Å². The quantitative estimate of drug-likeness (QED) is 0.913. The number of benzene rings is 1. The molecule has 1 aromatic carbocycles. The van der Waals surface area contributed by atoms with Gasteiger partial charge in [0.1, 0.15) is 17.6 Å². The fraction of sp³-hybridized carbons (Fsp3) is 0.267. The third kappa shape index (κ3) is 2.51. The van der Waals surface area contributed by atoms with Crippen LogP contribution in [0.1, 0.15) is 29.8 Å². The summed E-state index contributed by atoms with van der Waals surface area (Å²) in [7, 11) is 1.61. The van der Waals surface area contributed by atoms with E-state index in [-0.39, 0.29) is 6.10 Å². The summed E-state index contributed by atoms with van der Waals surface area (Å²) in [5.74, 6) is 1.37. The number of hydrogen-bond acceptors (Lipinski definition) is 4. The Morgan fingerprint density at radius 1 is 1.35 bits per heavy atom. The highest BCUT2D eigenvalue weighted by atomic mass is 79.9. The first-order valence-electron chi connectivity index (χ1n) is 6.30. The second kappa shape index (κ2) is 5.42. The average Bonchev–Trinajstić information content (AvgIpc) is 2.46. The Morgan fingerprint density at radius 2 is 2.20 bits per heavy atom. The van der Waals surface area contributed by atoms with E-state index in [0.717, 1.165) is 15.6 Å². The molecule has 20 heavy (non-hydrogen) atoms. The van der Waals surface area contributed by atoms with Crippen molar-refractivity contribution in [3.8, 4) is 11.5 Å². The molecule has 1 aromatic heterocycles. The van der Waals surface area contributed by atoms with Gasteiger partial charge in [0.25, 0.3) is 0 Å². The van der Waals surface area contributed by atoms with Crippen molar-refractivity contribution >= 4 is 15.9 Å². The number of methoxy groups -OCH3 is 1. The molecule has 4 nitrogen and oxygen atoms in total. The van der Waals surface area contributed by atoms with Gasteiger partial charge in [-0.2, -0.15) is 0 Å². The van der Waals surface area contributed by atoms with Crippen molar-refractivity contribution < 1.29 is 14.6 Å². The van der Waals surface area contributed by atoms with Crippen LogP contribution in [0.3, 0.4) is 0 Å². The van der Waals surface area contributed by atoms with E-state index in [0.29, 0.717) is 17.9 Å². The zero-order chi connectivity index (χ0) is 14.1.